The first kappa shape index (κ1) is 22.4. The molecular weight excluding hydrogens is 430 g/mol. The second-order valence-corrected chi connectivity index (χ2v) is 7.82. The molecule has 2 heterocycles. The number of fused-ring (bicyclic) bond motifs is 1. The number of nitrogens with one attached hydrogen (secondary N) is 1. The van der Waals surface area contributed by atoms with Crippen LogP contribution in [0.3, 0.4) is 0 Å². The zero-order valence-electron chi connectivity index (χ0n) is 17.2. The molecule has 0 bridgehead atoms. The molecule has 0 aliphatic heterocycles. The van der Waals surface area contributed by atoms with Gasteiger partial charge in [-0.05, 0) is 50.1 Å². The van der Waals surface area contributed by atoms with Crippen molar-refractivity contribution < 1.29 is 27.8 Å². The van der Waals surface area contributed by atoms with Crippen molar-refractivity contribution in [1.29, 1.82) is 0 Å². The van der Waals surface area contributed by atoms with Gasteiger partial charge in [-0.25, -0.2) is 9.78 Å². The topological polar surface area (TPSA) is 90.5 Å². The van der Waals surface area contributed by atoms with Crippen LogP contribution in [0, 0.1) is 13.8 Å². The fourth-order valence-corrected chi connectivity index (χ4v) is 3.92. The van der Waals surface area contributed by atoms with Crippen LogP contribution in [0.15, 0.2) is 29.1 Å². The van der Waals surface area contributed by atoms with Crippen LogP contribution >= 0.6 is 11.3 Å². The summed E-state index contributed by atoms with van der Waals surface area (Å²) in [6.07, 6.45) is 1.83. The van der Waals surface area contributed by atoms with Gasteiger partial charge in [0, 0.05) is 11.0 Å². The highest BCUT2D eigenvalue weighted by Crippen LogP contribution is 2.30. The molecule has 1 atom stereocenters. The van der Waals surface area contributed by atoms with Gasteiger partial charge >= 0.3 is 12.6 Å². The normalized spacial score (nSPS) is 12.5. The molecule has 0 saturated heterocycles. The molecule has 0 aliphatic rings. The first-order valence-electron chi connectivity index (χ1n) is 9.21. The molecule has 3 rings (SSSR count). The third-order valence-corrected chi connectivity index (χ3v) is 5.65. The summed E-state index contributed by atoms with van der Waals surface area (Å²) in [5.41, 5.74) is 1.12. The number of H-pyrrole nitrogens is 1. The summed E-state index contributed by atoms with van der Waals surface area (Å²) in [7, 11) is 1.32. The van der Waals surface area contributed by atoms with Crippen LogP contribution < -0.4 is 15.0 Å². The Labute approximate surface area is 180 Å². The summed E-state index contributed by atoms with van der Waals surface area (Å²) >= 11 is 1.40. The molecule has 2 aromatic heterocycles. The third-order valence-electron chi connectivity index (χ3n) is 4.55. The zero-order valence-corrected chi connectivity index (χ0v) is 18.0. The van der Waals surface area contributed by atoms with Gasteiger partial charge in [0.15, 0.2) is 23.4 Å². The predicted octanol–water partition coefficient (Wildman–Crippen LogP) is 4.53. The third kappa shape index (κ3) is 5.08. The van der Waals surface area contributed by atoms with E-state index in [2.05, 4.69) is 14.7 Å². The number of carbonyl (C=O) groups is 1. The summed E-state index contributed by atoms with van der Waals surface area (Å²) in [6.45, 7) is 2.40. The monoisotopic (exact) mass is 450 g/mol. The Balaban J connectivity index is 1.72. The highest BCUT2D eigenvalue weighted by atomic mass is 32.1. The molecule has 0 radical (unpaired) electrons. The van der Waals surface area contributed by atoms with Crippen molar-refractivity contribution in [2.45, 2.75) is 33.5 Å². The number of methoxy groups -OCH3 is 1. The van der Waals surface area contributed by atoms with Crippen molar-refractivity contribution in [2.24, 2.45) is 0 Å². The molecule has 1 aromatic carbocycles. The average Bonchev–Trinajstić information content (AvgIpc) is 3.00. The lowest BCUT2D eigenvalue weighted by molar-refractivity contribution is -0.142. The SMILES string of the molecule is COc1cc(/C=C/C(=O)O[C@@H](C)c2nc3sc(C)c(C)c3c(=O)[nH]2)ccc1OC(F)F. The molecule has 7 nitrogen and oxygen atoms in total. The maximum absolute atomic E-state index is 12.4. The number of nitrogens with zero attached hydrogens (tertiary/aromatic N) is 1. The van der Waals surface area contributed by atoms with E-state index in [1.54, 1.807) is 6.92 Å². The van der Waals surface area contributed by atoms with Crippen LogP contribution in [0.4, 0.5) is 8.78 Å². The predicted molar refractivity (Wildman–Crippen MR) is 113 cm³/mol. The van der Waals surface area contributed by atoms with E-state index in [0.717, 1.165) is 10.4 Å². The summed E-state index contributed by atoms with van der Waals surface area (Å²) in [5, 5.41) is 0.540. The molecule has 0 aliphatic carbocycles. The Hall–Kier alpha value is -3.27. The number of alkyl halides is 2. The van der Waals surface area contributed by atoms with Gasteiger partial charge < -0.3 is 19.2 Å². The molecule has 1 N–H and O–H groups in total. The molecule has 0 spiro atoms. The fraction of sp³-hybridized carbons (Fsp3) is 0.286. The van der Waals surface area contributed by atoms with E-state index in [4.69, 9.17) is 9.47 Å². The van der Waals surface area contributed by atoms with Crippen LogP contribution in [-0.4, -0.2) is 29.7 Å². The van der Waals surface area contributed by atoms with E-state index in [1.165, 1.54) is 48.8 Å². The quantitative estimate of drug-likeness (QED) is 0.420. The molecule has 3 aromatic rings. The molecular formula is C21H20F2N2O5S. The number of halogens is 2. The van der Waals surface area contributed by atoms with Crippen LogP contribution in [-0.2, 0) is 9.53 Å². The van der Waals surface area contributed by atoms with Crippen molar-refractivity contribution in [3.8, 4) is 11.5 Å². The molecule has 0 amide bonds. The largest absolute Gasteiger partial charge is 0.493 e. The Bertz CT molecular complexity index is 1200. The first-order chi connectivity index (χ1) is 14.7. The van der Waals surface area contributed by atoms with Crippen molar-refractivity contribution in [2.75, 3.05) is 7.11 Å². The number of benzene rings is 1. The number of thiophene rings is 1. The van der Waals surface area contributed by atoms with Crippen LogP contribution in [0.1, 0.15) is 34.9 Å². The molecule has 0 saturated carbocycles. The van der Waals surface area contributed by atoms with Gasteiger partial charge in [-0.2, -0.15) is 8.78 Å². The Morgan fingerprint density at radius 3 is 2.68 bits per heavy atom. The second-order valence-electron chi connectivity index (χ2n) is 6.62. The Morgan fingerprint density at radius 1 is 1.26 bits per heavy atom. The van der Waals surface area contributed by atoms with Crippen molar-refractivity contribution in [1.82, 2.24) is 9.97 Å². The number of ether oxygens (including phenoxy) is 3. The lowest BCUT2D eigenvalue weighted by Crippen LogP contribution is -2.16. The number of carbonyl (C=O) groups excluding carboxylic acids is 1. The summed E-state index contributed by atoms with van der Waals surface area (Å²) < 4.78 is 39.5. The summed E-state index contributed by atoms with van der Waals surface area (Å²) in [5.74, 6) is -0.438. The van der Waals surface area contributed by atoms with E-state index >= 15 is 0 Å². The second kappa shape index (κ2) is 9.25. The number of aromatic amines is 1. The standard InChI is InChI=1S/C21H20F2N2O5S/c1-10-12(3)31-20-17(10)19(27)24-18(25-20)11(2)29-16(26)8-6-13-5-7-14(30-21(22)23)15(9-13)28-4/h5-9,11,21H,1-4H3,(H,24,25,27)/b8-6+/t11-/m0/s1. The lowest BCUT2D eigenvalue weighted by atomic mass is 10.2. The minimum atomic E-state index is -2.98. The highest BCUT2D eigenvalue weighted by molar-refractivity contribution is 7.18. The smallest absolute Gasteiger partial charge is 0.387 e. The number of esters is 1. The number of hydrogen-bond acceptors (Lipinski definition) is 7. The van der Waals surface area contributed by atoms with Crippen molar-refractivity contribution in [3.63, 3.8) is 0 Å². The fourth-order valence-electron chi connectivity index (χ4n) is 2.88. The maximum atomic E-state index is 12.4. The number of aryl methyl sites for hydroxylation is 2. The number of rotatable bonds is 7. The molecule has 10 heteroatoms. The zero-order chi connectivity index (χ0) is 22.7. The van der Waals surface area contributed by atoms with Gasteiger partial charge in [-0.3, -0.25) is 4.79 Å². The van der Waals surface area contributed by atoms with E-state index in [-0.39, 0.29) is 22.9 Å². The van der Waals surface area contributed by atoms with E-state index in [9.17, 15) is 18.4 Å². The van der Waals surface area contributed by atoms with E-state index in [0.29, 0.717) is 15.8 Å². The van der Waals surface area contributed by atoms with Gasteiger partial charge in [-0.15, -0.1) is 11.3 Å². The lowest BCUT2D eigenvalue weighted by Gasteiger charge is -2.11. The minimum Gasteiger partial charge on any atom is -0.493 e. The average molecular weight is 450 g/mol. The summed E-state index contributed by atoms with van der Waals surface area (Å²) in [4.78, 5) is 33.2. The van der Waals surface area contributed by atoms with Gasteiger partial charge in [0.2, 0.25) is 0 Å². The first-order valence-corrected chi connectivity index (χ1v) is 10.0. The highest BCUT2D eigenvalue weighted by Gasteiger charge is 2.17. The van der Waals surface area contributed by atoms with Gasteiger partial charge in [0.1, 0.15) is 4.83 Å². The maximum Gasteiger partial charge on any atom is 0.387 e. The molecule has 31 heavy (non-hydrogen) atoms. The van der Waals surface area contributed by atoms with Crippen molar-refractivity contribution >= 4 is 33.6 Å². The van der Waals surface area contributed by atoms with Gasteiger partial charge in [0.25, 0.3) is 5.56 Å². The Morgan fingerprint density at radius 2 is 2.00 bits per heavy atom. The van der Waals surface area contributed by atoms with Crippen LogP contribution in [0.2, 0.25) is 0 Å². The van der Waals surface area contributed by atoms with E-state index < -0.39 is 18.7 Å². The van der Waals surface area contributed by atoms with Gasteiger partial charge in [0.05, 0.1) is 12.5 Å². The number of aromatic nitrogens is 2. The molecule has 0 fully saturated rings. The molecule has 164 valence electrons. The minimum absolute atomic E-state index is 0.0980. The van der Waals surface area contributed by atoms with Crippen LogP contribution in [0.5, 0.6) is 11.5 Å². The number of hydrogen-bond donors (Lipinski definition) is 1. The van der Waals surface area contributed by atoms with Crippen LogP contribution in [0.25, 0.3) is 16.3 Å². The van der Waals surface area contributed by atoms with Crippen molar-refractivity contribution in [3.05, 3.63) is 56.5 Å². The Kier molecular flexibility index (Phi) is 6.69. The molecule has 0 unspecified atom stereocenters. The van der Waals surface area contributed by atoms with E-state index in [1.807, 2.05) is 13.8 Å². The summed E-state index contributed by atoms with van der Waals surface area (Å²) in [6, 6.07) is 4.24. The van der Waals surface area contributed by atoms with Gasteiger partial charge in [-0.1, -0.05) is 6.07 Å².